The van der Waals surface area contributed by atoms with E-state index in [1.807, 2.05) is 38.1 Å². The molecule has 0 aromatic heterocycles. The number of likely N-dealkylation sites (tertiary alicyclic amines) is 1. The maximum absolute atomic E-state index is 13.0. The summed E-state index contributed by atoms with van der Waals surface area (Å²) in [6, 6.07) is 6.75. The Labute approximate surface area is 153 Å². The van der Waals surface area contributed by atoms with Gasteiger partial charge in [0.05, 0.1) is 11.8 Å². The van der Waals surface area contributed by atoms with Gasteiger partial charge in [-0.25, -0.2) is 0 Å². The Bertz CT molecular complexity index is 751. The van der Waals surface area contributed by atoms with Gasteiger partial charge in [-0.05, 0) is 50.2 Å². The molecule has 1 saturated carbocycles. The lowest BCUT2D eigenvalue weighted by Gasteiger charge is -2.38. The quantitative estimate of drug-likeness (QED) is 0.669. The van der Waals surface area contributed by atoms with Crippen LogP contribution in [0.1, 0.15) is 31.7 Å². The minimum absolute atomic E-state index is 0.143. The van der Waals surface area contributed by atoms with Crippen molar-refractivity contribution >= 4 is 23.4 Å². The molecule has 2 bridgehead atoms. The number of allylic oxidation sites excluding steroid dienone is 2. The average molecular weight is 352 g/mol. The van der Waals surface area contributed by atoms with E-state index in [2.05, 4.69) is 17.5 Å². The molecular weight excluding hydrogens is 328 g/mol. The molecule has 3 amide bonds. The molecule has 0 unspecified atom stereocenters. The summed E-state index contributed by atoms with van der Waals surface area (Å²) in [6.07, 6.45) is 6.52. The summed E-state index contributed by atoms with van der Waals surface area (Å²) in [4.78, 5) is 40.1. The van der Waals surface area contributed by atoms with E-state index in [1.54, 1.807) is 0 Å². The Balaban J connectivity index is 1.56. The lowest BCUT2D eigenvalue weighted by Crippen LogP contribution is -2.47. The van der Waals surface area contributed by atoms with Crippen LogP contribution in [0.15, 0.2) is 36.4 Å². The first-order chi connectivity index (χ1) is 12.5. The number of imide groups is 1. The fourth-order valence-electron chi connectivity index (χ4n) is 4.75. The number of benzene rings is 1. The molecule has 0 radical (unpaired) electrons. The van der Waals surface area contributed by atoms with Crippen molar-refractivity contribution in [3.8, 4) is 0 Å². The lowest BCUT2D eigenvalue weighted by atomic mass is 9.63. The molecule has 2 fully saturated rings. The van der Waals surface area contributed by atoms with E-state index in [0.29, 0.717) is 12.1 Å². The van der Waals surface area contributed by atoms with Crippen LogP contribution >= 0.6 is 0 Å². The van der Waals surface area contributed by atoms with Crippen molar-refractivity contribution in [2.75, 3.05) is 5.32 Å². The van der Waals surface area contributed by atoms with E-state index >= 15 is 0 Å². The molecule has 26 heavy (non-hydrogen) atoms. The summed E-state index contributed by atoms with van der Waals surface area (Å²) in [7, 11) is 0. The van der Waals surface area contributed by atoms with Gasteiger partial charge in [-0.2, -0.15) is 0 Å². The predicted molar refractivity (Wildman–Crippen MR) is 98.1 cm³/mol. The number of rotatable bonds is 4. The normalized spacial score (nSPS) is 30.5. The van der Waals surface area contributed by atoms with Crippen LogP contribution in [0, 0.1) is 30.6 Å². The molecule has 1 aliphatic heterocycles. The van der Waals surface area contributed by atoms with Gasteiger partial charge in [-0.15, -0.1) is 0 Å². The molecule has 3 aliphatic carbocycles. The van der Waals surface area contributed by atoms with Crippen molar-refractivity contribution < 1.29 is 14.4 Å². The number of aryl methyl sites for hydroxylation is 1. The molecule has 5 heteroatoms. The van der Waals surface area contributed by atoms with Crippen molar-refractivity contribution in [3.05, 3.63) is 42.0 Å². The highest BCUT2D eigenvalue weighted by atomic mass is 16.2. The van der Waals surface area contributed by atoms with E-state index < -0.39 is 6.04 Å². The largest absolute Gasteiger partial charge is 0.324 e. The van der Waals surface area contributed by atoms with Crippen molar-refractivity contribution in [1.82, 2.24) is 4.90 Å². The molecule has 0 spiro atoms. The minimum Gasteiger partial charge on any atom is -0.324 e. The summed E-state index contributed by atoms with van der Waals surface area (Å²) >= 11 is 0. The number of amides is 3. The highest BCUT2D eigenvalue weighted by Crippen LogP contribution is 2.50. The Kier molecular flexibility index (Phi) is 4.17. The number of anilines is 1. The molecule has 5 nitrogen and oxygen atoms in total. The van der Waals surface area contributed by atoms with Crippen molar-refractivity contribution in [2.45, 2.75) is 39.2 Å². The van der Waals surface area contributed by atoms with Gasteiger partial charge in [0, 0.05) is 5.69 Å². The molecule has 5 atom stereocenters. The second kappa shape index (κ2) is 6.38. The zero-order chi connectivity index (χ0) is 18.4. The maximum atomic E-state index is 13.0. The number of nitrogens with one attached hydrogen (secondary N) is 1. The first kappa shape index (κ1) is 17.0. The first-order valence-electron chi connectivity index (χ1n) is 9.44. The third kappa shape index (κ3) is 2.57. The van der Waals surface area contributed by atoms with Crippen LogP contribution in [-0.2, 0) is 14.4 Å². The third-order valence-corrected chi connectivity index (χ3v) is 6.11. The van der Waals surface area contributed by atoms with Gasteiger partial charge in [0.2, 0.25) is 17.7 Å². The minimum atomic E-state index is -0.749. The fraction of sp³-hybridized carbons (Fsp3) is 0.476. The van der Waals surface area contributed by atoms with Gasteiger partial charge in [-0.3, -0.25) is 19.3 Å². The van der Waals surface area contributed by atoms with Gasteiger partial charge in [0.25, 0.3) is 0 Å². The van der Waals surface area contributed by atoms with Gasteiger partial charge >= 0.3 is 0 Å². The van der Waals surface area contributed by atoms with Crippen molar-refractivity contribution in [1.29, 1.82) is 0 Å². The molecule has 1 aromatic rings. The highest BCUT2D eigenvalue weighted by molar-refractivity contribution is 6.10. The predicted octanol–water partition coefficient (Wildman–Crippen LogP) is 2.91. The van der Waals surface area contributed by atoms with E-state index in [4.69, 9.17) is 0 Å². The Morgan fingerprint density at radius 2 is 1.62 bits per heavy atom. The van der Waals surface area contributed by atoms with E-state index in [0.717, 1.165) is 18.4 Å². The number of fused-ring (bicyclic) bond motifs is 1. The smallest absolute Gasteiger partial charge is 0.247 e. The number of hydrogen-bond donors (Lipinski definition) is 1. The van der Waals surface area contributed by atoms with Crippen molar-refractivity contribution in [2.24, 2.45) is 23.7 Å². The molecule has 1 N–H and O–H groups in total. The zero-order valence-corrected chi connectivity index (χ0v) is 15.1. The summed E-state index contributed by atoms with van der Waals surface area (Å²) < 4.78 is 0. The maximum Gasteiger partial charge on any atom is 0.247 e. The lowest BCUT2D eigenvalue weighted by molar-refractivity contribution is -0.146. The molecule has 1 heterocycles. The Morgan fingerprint density at radius 1 is 1.08 bits per heavy atom. The van der Waals surface area contributed by atoms with Gasteiger partial charge in [0.15, 0.2) is 0 Å². The average Bonchev–Trinajstić information content (AvgIpc) is 2.93. The standard InChI is InChI=1S/C21H24N2O3/c1-3-16(19(24)22-15-10-4-12(2)5-11-15)23-20(25)17-13-6-7-14(9-8-13)18(17)21(23)26/h4-7,10-11,13-14,16-18H,3,8-9H2,1-2H3,(H,22,24)/t13-,14-,16+,17-,18+/m0/s1. The summed E-state index contributed by atoms with van der Waals surface area (Å²) in [5.74, 6) is -0.875. The van der Waals surface area contributed by atoms with Crippen LogP contribution in [0.3, 0.4) is 0 Å². The molecule has 136 valence electrons. The number of carbonyl (C=O) groups excluding carboxylic acids is 3. The first-order valence-corrected chi connectivity index (χ1v) is 9.44. The summed E-state index contributed by atoms with van der Waals surface area (Å²) in [6.45, 7) is 3.82. The summed E-state index contributed by atoms with van der Waals surface area (Å²) in [5, 5.41) is 2.86. The second-order valence-electron chi connectivity index (χ2n) is 7.67. The monoisotopic (exact) mass is 352 g/mol. The fourth-order valence-corrected chi connectivity index (χ4v) is 4.75. The van der Waals surface area contributed by atoms with Gasteiger partial charge < -0.3 is 5.32 Å². The van der Waals surface area contributed by atoms with Gasteiger partial charge in [-0.1, -0.05) is 36.8 Å². The zero-order valence-electron chi connectivity index (χ0n) is 15.1. The molecule has 5 rings (SSSR count). The van der Waals surface area contributed by atoms with E-state index in [1.165, 1.54) is 4.90 Å². The topological polar surface area (TPSA) is 66.5 Å². The third-order valence-electron chi connectivity index (χ3n) is 6.11. The highest BCUT2D eigenvalue weighted by Gasteiger charge is 2.58. The molecular formula is C21H24N2O3. The van der Waals surface area contributed by atoms with Crippen LogP contribution in [0.4, 0.5) is 5.69 Å². The number of hydrogen-bond acceptors (Lipinski definition) is 3. The Morgan fingerprint density at radius 3 is 2.08 bits per heavy atom. The van der Waals surface area contributed by atoms with Gasteiger partial charge in [0.1, 0.15) is 6.04 Å². The number of nitrogens with zero attached hydrogens (tertiary/aromatic N) is 1. The number of carbonyl (C=O) groups is 3. The summed E-state index contributed by atoms with van der Waals surface area (Å²) in [5.41, 5.74) is 1.78. The van der Waals surface area contributed by atoms with Crippen LogP contribution in [-0.4, -0.2) is 28.7 Å². The van der Waals surface area contributed by atoms with Crippen LogP contribution in [0.5, 0.6) is 0 Å². The van der Waals surface area contributed by atoms with Crippen LogP contribution in [0.25, 0.3) is 0 Å². The van der Waals surface area contributed by atoms with E-state index in [-0.39, 0.29) is 41.4 Å². The van der Waals surface area contributed by atoms with Crippen LogP contribution < -0.4 is 5.32 Å². The molecule has 1 saturated heterocycles. The van der Waals surface area contributed by atoms with Crippen molar-refractivity contribution in [3.63, 3.8) is 0 Å². The van der Waals surface area contributed by atoms with Crippen LogP contribution in [0.2, 0.25) is 0 Å². The second-order valence-corrected chi connectivity index (χ2v) is 7.67. The molecule has 1 aromatic carbocycles. The molecule has 4 aliphatic rings. The van der Waals surface area contributed by atoms with E-state index in [9.17, 15) is 14.4 Å². The Hall–Kier alpha value is -2.43. The SMILES string of the molecule is CC[C@H](C(=O)Nc1ccc(C)cc1)N1C(=O)[C@@H]2[C@H](C1=O)[C@H]1C=C[C@H]2CC1.